The number of hydrogen-bond donors (Lipinski definition) is 0. The van der Waals surface area contributed by atoms with Crippen LogP contribution < -0.4 is 23.7 Å². The number of ether oxygens (including phenoxy) is 6. The number of aryl methyl sites for hydroxylation is 1. The molecule has 14 nitrogen and oxygen atoms in total. The Balaban J connectivity index is 1.17. The largest absolute Gasteiger partial charge is 0.496 e. The van der Waals surface area contributed by atoms with Gasteiger partial charge < -0.3 is 32.8 Å². The highest BCUT2D eigenvalue weighted by Crippen LogP contribution is 2.48. The van der Waals surface area contributed by atoms with Gasteiger partial charge in [-0.15, -0.1) is 0 Å². The molecule has 2 aliphatic rings. The Kier molecular flexibility index (Phi) is 14.6. The fourth-order valence-electron chi connectivity index (χ4n) is 7.89. The number of rotatable bonds is 12. The van der Waals surface area contributed by atoms with E-state index in [1.807, 2.05) is 31.2 Å². The Morgan fingerprint density at radius 1 is 0.859 bits per heavy atom. The van der Waals surface area contributed by atoms with Crippen molar-refractivity contribution in [1.82, 2.24) is 19.4 Å². The van der Waals surface area contributed by atoms with E-state index < -0.39 is 40.7 Å². The van der Waals surface area contributed by atoms with Gasteiger partial charge in [-0.2, -0.15) is 8.42 Å². The molecule has 5 heterocycles. The first-order chi connectivity index (χ1) is 34.3. The number of nitrogens with zero attached hydrogens (tertiary/aromatic N) is 4. The average Bonchev–Trinajstić information content (AvgIpc) is 3.67. The SMILES string of the molecule is CCOC(=O)[C@H]1Cc2cc(ccc2OCc2ccnc(-c3ccccc3OC)n2)OC[C@@H](COS(=O)(=O)c2ccc(C)cc2)Oc2c(Cl)cc(cc2Cl)-c2c(-c3ccc(F)cc3)c(Cl)n3ccnc(c23)O1. The molecule has 2 atom stereocenters. The minimum Gasteiger partial charge on any atom is -0.496 e. The predicted octanol–water partition coefficient (Wildman–Crippen LogP) is 11.2. The number of carbonyl (C=O) groups is 1. The van der Waals surface area contributed by atoms with Crippen LogP contribution in [0.2, 0.25) is 15.2 Å². The monoisotopic (exact) mass is 1040 g/mol. The second-order valence-electron chi connectivity index (χ2n) is 16.1. The Hall–Kier alpha value is -6.95. The summed E-state index contributed by atoms with van der Waals surface area (Å²) in [7, 11) is -2.71. The lowest BCUT2D eigenvalue weighted by Gasteiger charge is -2.22. The van der Waals surface area contributed by atoms with Crippen LogP contribution in [0.4, 0.5) is 4.39 Å². The summed E-state index contributed by atoms with van der Waals surface area (Å²) in [5.74, 6) is 0.384. The smallest absolute Gasteiger partial charge is 0.347 e. The van der Waals surface area contributed by atoms with Crippen molar-refractivity contribution in [2.45, 2.75) is 44.0 Å². The van der Waals surface area contributed by atoms with Crippen molar-refractivity contribution in [3.8, 4) is 62.5 Å². The van der Waals surface area contributed by atoms with Gasteiger partial charge in [-0.05, 0) is 97.8 Å². The van der Waals surface area contributed by atoms with Gasteiger partial charge in [0.25, 0.3) is 10.1 Å². The van der Waals surface area contributed by atoms with Crippen LogP contribution in [0.5, 0.6) is 28.9 Å². The number of fused-ring (bicyclic) bond motifs is 7. The molecule has 0 aliphatic carbocycles. The molecule has 0 N–H and O–H groups in total. The van der Waals surface area contributed by atoms with Crippen molar-refractivity contribution in [3.63, 3.8) is 0 Å². The second kappa shape index (κ2) is 21.2. The molecule has 0 unspecified atom stereocenters. The third kappa shape index (κ3) is 10.7. The van der Waals surface area contributed by atoms with Crippen LogP contribution in [0, 0.1) is 12.7 Å². The van der Waals surface area contributed by atoms with Crippen LogP contribution in [-0.2, 0) is 36.9 Å². The molecule has 3 aromatic heterocycles. The number of aromatic nitrogens is 4. The van der Waals surface area contributed by atoms with E-state index in [0.717, 1.165) is 5.56 Å². The maximum Gasteiger partial charge on any atom is 0.347 e. The molecular weight excluding hydrogens is 998 g/mol. The fourth-order valence-corrected chi connectivity index (χ4v) is 9.75. The summed E-state index contributed by atoms with van der Waals surface area (Å²) in [6, 6.07) is 29.1. The van der Waals surface area contributed by atoms with Gasteiger partial charge in [0.15, 0.2) is 17.7 Å². The summed E-state index contributed by atoms with van der Waals surface area (Å²) in [6.07, 6.45) is 2.03. The summed E-state index contributed by atoms with van der Waals surface area (Å²) in [6.45, 7) is 2.68. The molecule has 8 aromatic rings. The second-order valence-corrected chi connectivity index (χ2v) is 18.9. The van der Waals surface area contributed by atoms with E-state index >= 15 is 0 Å². The number of para-hydroxylation sites is 1. The zero-order chi connectivity index (χ0) is 49.8. The van der Waals surface area contributed by atoms with Crippen molar-refractivity contribution in [1.29, 1.82) is 0 Å². The lowest BCUT2D eigenvalue weighted by molar-refractivity contribution is -0.151. The van der Waals surface area contributed by atoms with Crippen LogP contribution in [-0.4, -0.2) is 72.9 Å². The van der Waals surface area contributed by atoms with E-state index in [4.69, 9.17) is 72.4 Å². The molecule has 0 amide bonds. The normalized spacial score (nSPS) is 14.7. The van der Waals surface area contributed by atoms with Crippen LogP contribution in [0.3, 0.4) is 0 Å². The molecule has 0 saturated heterocycles. The minimum absolute atomic E-state index is 0.00993. The van der Waals surface area contributed by atoms with Crippen LogP contribution >= 0.6 is 34.8 Å². The Morgan fingerprint density at radius 3 is 2.37 bits per heavy atom. The molecule has 2 aliphatic heterocycles. The standard InChI is InChI=1S/C52H42Cl3FN4O10S/c1-4-65-52(61)44-26-32-23-36(15-18-42(32)67-27-35-19-20-57-50(59-35)39-7-5-6-8-43(39)64-3)66-28-37(29-68-71(62,63)38-16-9-30(2)10-17-38)69-48-40(53)24-33(25-41(48)54)45-46(31-11-13-34(56)14-12-31)49(55)60-22-21-58-51(70-44)47(45)60/h5-25,37,44H,4,26-29H2,1-3H3/t37-,44+/m0/s1. The van der Waals surface area contributed by atoms with Gasteiger partial charge in [0.2, 0.25) is 12.0 Å². The Bertz CT molecular complexity index is 3360. The highest BCUT2D eigenvalue weighted by Gasteiger charge is 2.31. The molecule has 0 fully saturated rings. The molecule has 364 valence electrons. The predicted molar refractivity (Wildman–Crippen MR) is 265 cm³/mol. The molecular formula is C52H42Cl3FN4O10S. The van der Waals surface area contributed by atoms with Gasteiger partial charge in [0.05, 0.1) is 39.9 Å². The quantitative estimate of drug-likeness (QED) is 0.0841. The summed E-state index contributed by atoms with van der Waals surface area (Å²) in [5, 5.41) is 0.221. The molecule has 19 heteroatoms. The molecule has 0 saturated carbocycles. The average molecular weight is 1040 g/mol. The van der Waals surface area contributed by atoms with E-state index in [-0.39, 0.29) is 63.7 Å². The van der Waals surface area contributed by atoms with Gasteiger partial charge in [-0.3, -0.25) is 4.18 Å². The fraction of sp³-hybridized carbons (Fsp3) is 0.192. The van der Waals surface area contributed by atoms with Gasteiger partial charge in [-0.1, -0.05) is 76.8 Å². The number of carbonyl (C=O) groups excluding carboxylic acids is 1. The lowest BCUT2D eigenvalue weighted by atomic mass is 9.97. The number of halogens is 4. The van der Waals surface area contributed by atoms with Crippen molar-refractivity contribution < 1.29 is 50.2 Å². The molecule has 0 spiro atoms. The number of methoxy groups -OCH3 is 1. The van der Waals surface area contributed by atoms with Crippen molar-refractivity contribution in [2.75, 3.05) is 26.9 Å². The highest BCUT2D eigenvalue weighted by atomic mass is 35.5. The van der Waals surface area contributed by atoms with Crippen molar-refractivity contribution >= 4 is 56.4 Å². The highest BCUT2D eigenvalue weighted by molar-refractivity contribution is 7.86. The first-order valence-electron chi connectivity index (χ1n) is 22.0. The summed E-state index contributed by atoms with van der Waals surface area (Å²) >= 11 is 21.3. The third-order valence-corrected chi connectivity index (χ3v) is 13.5. The van der Waals surface area contributed by atoms with E-state index in [0.29, 0.717) is 61.9 Å². The number of hydrogen-bond acceptors (Lipinski definition) is 13. The van der Waals surface area contributed by atoms with Gasteiger partial charge in [0.1, 0.15) is 53.6 Å². The zero-order valence-corrected chi connectivity index (χ0v) is 41.2. The van der Waals surface area contributed by atoms with E-state index in [1.165, 1.54) is 30.5 Å². The molecule has 4 bridgehead atoms. The van der Waals surface area contributed by atoms with Crippen LogP contribution in [0.1, 0.15) is 23.7 Å². The minimum atomic E-state index is -4.28. The molecule has 71 heavy (non-hydrogen) atoms. The van der Waals surface area contributed by atoms with Gasteiger partial charge in [-0.25, -0.2) is 24.1 Å². The van der Waals surface area contributed by atoms with E-state index in [2.05, 4.69) is 9.97 Å². The third-order valence-electron chi connectivity index (χ3n) is 11.3. The Morgan fingerprint density at radius 2 is 1.62 bits per heavy atom. The number of benzene rings is 5. The maximum atomic E-state index is 14.4. The van der Waals surface area contributed by atoms with Crippen molar-refractivity contribution in [2.24, 2.45) is 0 Å². The first kappa shape index (κ1) is 49.0. The summed E-state index contributed by atoms with van der Waals surface area (Å²) in [5.41, 5.74) is 4.56. The molecule has 0 radical (unpaired) electrons. The summed E-state index contributed by atoms with van der Waals surface area (Å²) in [4.78, 5) is 27.9. The van der Waals surface area contributed by atoms with E-state index in [1.54, 1.807) is 91.5 Å². The first-order valence-corrected chi connectivity index (χ1v) is 24.6. The van der Waals surface area contributed by atoms with Crippen molar-refractivity contribution in [3.05, 3.63) is 166 Å². The van der Waals surface area contributed by atoms with Crippen LogP contribution in [0.25, 0.3) is 39.2 Å². The van der Waals surface area contributed by atoms with Crippen LogP contribution in [0.15, 0.2) is 133 Å². The Labute approximate surface area is 422 Å². The van der Waals surface area contributed by atoms with Gasteiger partial charge >= 0.3 is 5.97 Å². The summed E-state index contributed by atoms with van der Waals surface area (Å²) < 4.78 is 85.5. The molecule has 10 rings (SSSR count). The maximum absolute atomic E-state index is 14.4. The van der Waals surface area contributed by atoms with E-state index in [9.17, 15) is 17.6 Å². The lowest BCUT2D eigenvalue weighted by Crippen LogP contribution is -2.32. The topological polar surface area (TPSA) is 159 Å². The van der Waals surface area contributed by atoms with Gasteiger partial charge in [0, 0.05) is 41.7 Å². The molecule has 5 aromatic carbocycles. The number of esters is 1. The zero-order valence-electron chi connectivity index (χ0n) is 38.1.